The van der Waals surface area contributed by atoms with Crippen LogP contribution in [0.3, 0.4) is 0 Å². The fraction of sp³-hybridized carbons (Fsp3) is 0.647. The minimum absolute atomic E-state index is 0.334. The summed E-state index contributed by atoms with van der Waals surface area (Å²) < 4.78 is 20.7. The predicted octanol–water partition coefficient (Wildman–Crippen LogP) is 0.221. The van der Waals surface area contributed by atoms with Crippen LogP contribution in [-0.4, -0.2) is 64.9 Å². The highest BCUT2D eigenvalue weighted by molar-refractivity contribution is 6.52. The zero-order valence-corrected chi connectivity index (χ0v) is 24.5. The molecule has 0 aromatic heterocycles. The van der Waals surface area contributed by atoms with Crippen LogP contribution in [0.1, 0.15) is 39.5 Å². The molecule has 0 rings (SSSR count). The molecule has 0 radical (unpaired) electrons. The fourth-order valence-electron chi connectivity index (χ4n) is 1.87. The van der Waals surface area contributed by atoms with Gasteiger partial charge in [-0.25, -0.2) is 9.59 Å². The third-order valence-electron chi connectivity index (χ3n) is 3.55. The van der Waals surface area contributed by atoms with Crippen LogP contribution in [0.15, 0.2) is 24.3 Å². The molecule has 158 valence electrons. The van der Waals surface area contributed by atoms with Crippen molar-refractivity contribution in [3.8, 4) is 0 Å². The van der Waals surface area contributed by atoms with E-state index in [0.717, 1.165) is 46.7 Å². The molecule has 0 aliphatic heterocycles. The van der Waals surface area contributed by atoms with Gasteiger partial charge < -0.3 is 17.7 Å². The molecule has 0 N–H and O–H groups in total. The summed E-state index contributed by atoms with van der Waals surface area (Å²) >= 11 is 0. The second kappa shape index (κ2) is 18.6. The van der Waals surface area contributed by atoms with Gasteiger partial charge in [0.1, 0.15) is 30.7 Å². The lowest BCUT2D eigenvalue weighted by Crippen LogP contribution is -2.12. The summed E-state index contributed by atoms with van der Waals surface area (Å²) in [6.45, 7) is 15.6. The van der Waals surface area contributed by atoms with Crippen LogP contribution in [0, 0.1) is 0 Å². The van der Waals surface area contributed by atoms with E-state index >= 15 is 0 Å². The second-order valence-electron chi connectivity index (χ2n) is 6.72. The molecule has 0 spiro atoms. The minimum Gasteiger partial charge on any atom is -0.468 e. The molecule has 0 unspecified atom stereocenters. The molecule has 0 amide bonds. The van der Waals surface area contributed by atoms with Gasteiger partial charge in [-0.3, -0.25) is 0 Å². The van der Waals surface area contributed by atoms with E-state index < -0.39 is 18.8 Å². The topological polar surface area (TPSA) is 71.1 Å². The smallest absolute Gasteiger partial charge is 0.333 e. The molecule has 0 aliphatic carbocycles. The molecule has 6 nitrogen and oxygen atoms in total. The zero-order chi connectivity index (χ0) is 21.2. The molecule has 0 saturated carbocycles. The van der Waals surface area contributed by atoms with Gasteiger partial charge in [-0.15, -0.1) is 0 Å². The summed E-state index contributed by atoms with van der Waals surface area (Å²) in [6, 6.07) is 0. The lowest BCUT2D eigenvalue weighted by molar-refractivity contribution is -0.139. The van der Waals surface area contributed by atoms with Crippen LogP contribution in [0.25, 0.3) is 0 Å². The molecular weight excluding hydrogens is 413 g/mol. The molecule has 0 fully saturated rings. The Bertz CT molecular complexity index is 423. The molecule has 0 aromatic carbocycles. The largest absolute Gasteiger partial charge is 0.468 e. The maximum absolute atomic E-state index is 11.3. The number of esters is 2. The van der Waals surface area contributed by atoms with Crippen LogP contribution in [-0.2, 0) is 27.3 Å². The summed E-state index contributed by atoms with van der Waals surface area (Å²) in [5.41, 5.74) is 1.38. The van der Waals surface area contributed by atoms with Gasteiger partial charge in [0.2, 0.25) is 0 Å². The SMILES string of the molecule is C=C(C)C(=O)OCCCC(CCCOC(=O)C(=C)C)[SiH2]O[SiH3].C[SiH](C)O[SiH3]. The van der Waals surface area contributed by atoms with E-state index in [2.05, 4.69) is 26.3 Å². The molecule has 0 bridgehead atoms. The van der Waals surface area contributed by atoms with Crippen molar-refractivity contribution in [3.05, 3.63) is 24.3 Å². The normalized spacial score (nSPS) is 10.9. The lowest BCUT2D eigenvalue weighted by atomic mass is 10.1. The van der Waals surface area contributed by atoms with Gasteiger partial charge in [0, 0.05) is 11.1 Å². The number of ether oxygens (including phenoxy) is 2. The molecule has 10 heteroatoms. The highest BCUT2D eigenvalue weighted by Crippen LogP contribution is 2.19. The van der Waals surface area contributed by atoms with E-state index in [1.807, 2.05) is 0 Å². The summed E-state index contributed by atoms with van der Waals surface area (Å²) in [5.74, 6) is -0.667. The van der Waals surface area contributed by atoms with Gasteiger partial charge in [-0.2, -0.15) is 0 Å². The average molecular weight is 451 g/mol. The Hall–Kier alpha value is -0.792. The van der Waals surface area contributed by atoms with Crippen molar-refractivity contribution in [3.63, 3.8) is 0 Å². The summed E-state index contributed by atoms with van der Waals surface area (Å²) in [4.78, 5) is 22.5. The maximum atomic E-state index is 11.3. The standard InChI is InChI=1S/C15H28O5Si2.C2H10OSi2/c1-11(2)14(16)18-9-5-7-13(22-20-21)8-6-10-19-15(17)12(3)4;1-5(2)3-4/h13H,1,3,5-10,22H2,2,4,21H3;5H,1-2,4H3. The Balaban J connectivity index is 0. The maximum Gasteiger partial charge on any atom is 0.333 e. The van der Waals surface area contributed by atoms with Crippen molar-refractivity contribution in [1.82, 2.24) is 0 Å². The van der Waals surface area contributed by atoms with E-state index in [9.17, 15) is 9.59 Å². The van der Waals surface area contributed by atoms with Crippen molar-refractivity contribution in [2.75, 3.05) is 13.2 Å². The summed E-state index contributed by atoms with van der Waals surface area (Å²) in [6.07, 6.45) is 3.61. The molecule has 0 aromatic rings. The first-order valence-electron chi connectivity index (χ1n) is 9.32. The van der Waals surface area contributed by atoms with Gasteiger partial charge in [-0.1, -0.05) is 13.2 Å². The molecule has 0 atom stereocenters. The second-order valence-corrected chi connectivity index (χ2v) is 14.5. The monoisotopic (exact) mass is 450 g/mol. The third kappa shape index (κ3) is 19.8. The fourth-order valence-corrected chi connectivity index (χ4v) is 4.66. The highest BCUT2D eigenvalue weighted by Gasteiger charge is 2.11. The Kier molecular flexibility index (Phi) is 19.5. The quantitative estimate of drug-likeness (QED) is 0.173. The molecule has 27 heavy (non-hydrogen) atoms. The lowest BCUT2D eigenvalue weighted by Gasteiger charge is -2.15. The molecule has 0 heterocycles. The number of hydrogen-bond acceptors (Lipinski definition) is 6. The van der Waals surface area contributed by atoms with E-state index in [-0.39, 0.29) is 11.9 Å². The van der Waals surface area contributed by atoms with Gasteiger partial charge in [-0.05, 0) is 58.2 Å². The van der Waals surface area contributed by atoms with Crippen LogP contribution < -0.4 is 0 Å². The van der Waals surface area contributed by atoms with Crippen LogP contribution in [0.2, 0.25) is 18.6 Å². The Morgan fingerprint density at radius 3 is 1.59 bits per heavy atom. The first-order chi connectivity index (χ1) is 12.6. The summed E-state index contributed by atoms with van der Waals surface area (Å²) in [7, 11) is 0.566. The van der Waals surface area contributed by atoms with Crippen molar-refractivity contribution >= 4 is 51.7 Å². The van der Waals surface area contributed by atoms with E-state index in [4.69, 9.17) is 17.7 Å². The zero-order valence-electron chi connectivity index (χ0n) is 18.0. The number of hydrogen-bond donors (Lipinski definition) is 0. The third-order valence-corrected chi connectivity index (χ3v) is 9.94. The molecular formula is C17H38O6Si4. The van der Waals surface area contributed by atoms with Crippen molar-refractivity contribution < 1.29 is 27.3 Å². The minimum atomic E-state index is -0.588. The molecule has 0 aliphatic rings. The Labute approximate surface area is 174 Å². The number of rotatable bonds is 13. The van der Waals surface area contributed by atoms with E-state index in [1.165, 1.54) is 0 Å². The highest BCUT2D eigenvalue weighted by atomic mass is 28.3. The van der Waals surface area contributed by atoms with Crippen molar-refractivity contribution in [2.24, 2.45) is 0 Å². The Morgan fingerprint density at radius 1 is 0.963 bits per heavy atom. The van der Waals surface area contributed by atoms with Crippen LogP contribution in [0.4, 0.5) is 0 Å². The Morgan fingerprint density at radius 2 is 1.33 bits per heavy atom. The number of carbonyl (C=O) groups is 2. The van der Waals surface area contributed by atoms with E-state index in [1.54, 1.807) is 13.8 Å². The summed E-state index contributed by atoms with van der Waals surface area (Å²) in [5, 5.41) is 0. The van der Waals surface area contributed by atoms with Crippen LogP contribution in [0.5, 0.6) is 0 Å². The van der Waals surface area contributed by atoms with Crippen molar-refractivity contribution in [1.29, 1.82) is 0 Å². The first kappa shape index (κ1) is 28.4. The predicted molar refractivity (Wildman–Crippen MR) is 123 cm³/mol. The van der Waals surface area contributed by atoms with Crippen LogP contribution >= 0.6 is 0 Å². The van der Waals surface area contributed by atoms with Gasteiger partial charge in [0.05, 0.1) is 13.2 Å². The number of carbonyl (C=O) groups excluding carboxylic acids is 2. The van der Waals surface area contributed by atoms with Gasteiger partial charge in [0.25, 0.3) is 0 Å². The van der Waals surface area contributed by atoms with Gasteiger partial charge >= 0.3 is 11.9 Å². The van der Waals surface area contributed by atoms with Crippen molar-refractivity contribution in [2.45, 2.75) is 58.2 Å². The first-order valence-corrected chi connectivity index (χ1v) is 15.1. The average Bonchev–Trinajstić information content (AvgIpc) is 2.61. The van der Waals surface area contributed by atoms with Gasteiger partial charge in [0.15, 0.2) is 9.04 Å². The van der Waals surface area contributed by atoms with E-state index in [0.29, 0.717) is 29.9 Å². The molecule has 0 saturated heterocycles.